The van der Waals surface area contributed by atoms with Crippen molar-refractivity contribution in [3.63, 3.8) is 0 Å². The van der Waals surface area contributed by atoms with Gasteiger partial charge in [0.25, 0.3) is 5.69 Å². The number of nitro groups is 1. The molecule has 3 atom stereocenters. The number of β-lactam (4-membered cyclic amide) rings is 1. The summed E-state index contributed by atoms with van der Waals surface area (Å²) in [4.78, 5) is 38.6. The molecule has 7 nitrogen and oxygen atoms in total. The smallest absolute Gasteiger partial charge is 0.269 e. The van der Waals surface area contributed by atoms with E-state index in [0.717, 1.165) is 51.4 Å². The summed E-state index contributed by atoms with van der Waals surface area (Å²) < 4.78 is 0. The molecule has 1 aromatic carbocycles. The molecule has 2 saturated carbocycles. The second kappa shape index (κ2) is 7.89. The van der Waals surface area contributed by atoms with E-state index in [9.17, 15) is 19.7 Å². The molecule has 150 valence electrons. The fourth-order valence-electron chi connectivity index (χ4n) is 5.10. The van der Waals surface area contributed by atoms with Crippen LogP contribution in [0.15, 0.2) is 24.3 Å². The number of non-ortho nitro benzene ring substituents is 1. The molecule has 1 aromatic rings. The summed E-state index contributed by atoms with van der Waals surface area (Å²) in [6.45, 7) is 0. The van der Waals surface area contributed by atoms with Crippen LogP contribution in [0.1, 0.15) is 69.4 Å². The molecule has 1 aliphatic heterocycles. The van der Waals surface area contributed by atoms with Crippen molar-refractivity contribution in [1.82, 2.24) is 10.2 Å². The van der Waals surface area contributed by atoms with Gasteiger partial charge in [0.2, 0.25) is 11.8 Å². The van der Waals surface area contributed by atoms with Crippen molar-refractivity contribution in [1.29, 1.82) is 0 Å². The first-order valence-electron chi connectivity index (χ1n) is 10.4. The minimum Gasteiger partial charge on any atom is -0.351 e. The Labute approximate surface area is 164 Å². The number of rotatable bonds is 5. The van der Waals surface area contributed by atoms with Gasteiger partial charge in [-0.1, -0.05) is 44.2 Å². The summed E-state index contributed by atoms with van der Waals surface area (Å²) >= 11 is 0. The van der Waals surface area contributed by atoms with Gasteiger partial charge in [-0.3, -0.25) is 19.7 Å². The standard InChI is InChI=1S/C21H27N3O4/c25-20(22-15-8-2-1-3-9-15)19(14-7-6-10-16(13-14)24(27)28)23-18-12-5-4-11-17(18)21(23)26/h6-7,10,13,15,17-19H,1-5,8-9,11-12H2,(H,22,25)/t17-,18+,19?/m1/s1. The molecule has 3 fully saturated rings. The van der Waals surface area contributed by atoms with Gasteiger partial charge in [0.1, 0.15) is 6.04 Å². The summed E-state index contributed by atoms with van der Waals surface area (Å²) in [5.74, 6) is -0.179. The van der Waals surface area contributed by atoms with Gasteiger partial charge in [0.15, 0.2) is 0 Å². The number of carbonyl (C=O) groups is 2. The molecule has 0 radical (unpaired) electrons. The molecule has 0 spiro atoms. The van der Waals surface area contributed by atoms with Crippen LogP contribution in [-0.2, 0) is 9.59 Å². The van der Waals surface area contributed by atoms with Gasteiger partial charge in [0, 0.05) is 24.2 Å². The topological polar surface area (TPSA) is 92.5 Å². The zero-order valence-corrected chi connectivity index (χ0v) is 16.0. The van der Waals surface area contributed by atoms with Gasteiger partial charge >= 0.3 is 0 Å². The van der Waals surface area contributed by atoms with Crippen molar-refractivity contribution < 1.29 is 14.5 Å². The number of nitrogens with zero attached hydrogens (tertiary/aromatic N) is 2. The highest BCUT2D eigenvalue weighted by Crippen LogP contribution is 2.44. The van der Waals surface area contributed by atoms with Crippen LogP contribution < -0.4 is 5.32 Å². The monoisotopic (exact) mass is 385 g/mol. The van der Waals surface area contributed by atoms with Crippen LogP contribution in [0.5, 0.6) is 0 Å². The molecule has 1 N–H and O–H groups in total. The van der Waals surface area contributed by atoms with Crippen molar-refractivity contribution in [2.24, 2.45) is 5.92 Å². The van der Waals surface area contributed by atoms with E-state index in [1.54, 1.807) is 17.0 Å². The van der Waals surface area contributed by atoms with Gasteiger partial charge in [-0.2, -0.15) is 0 Å². The summed E-state index contributed by atoms with van der Waals surface area (Å²) in [7, 11) is 0. The summed E-state index contributed by atoms with van der Waals surface area (Å²) in [5.41, 5.74) is 0.473. The molecule has 3 aliphatic rings. The van der Waals surface area contributed by atoms with Crippen molar-refractivity contribution in [3.8, 4) is 0 Å². The number of hydrogen-bond donors (Lipinski definition) is 1. The van der Waals surface area contributed by atoms with Crippen molar-refractivity contribution in [3.05, 3.63) is 39.9 Å². The second-order valence-corrected chi connectivity index (χ2v) is 8.30. The highest BCUT2D eigenvalue weighted by molar-refractivity contribution is 5.94. The molecule has 1 unspecified atom stereocenters. The lowest BCUT2D eigenvalue weighted by Gasteiger charge is -2.53. The highest BCUT2D eigenvalue weighted by atomic mass is 16.6. The Morgan fingerprint density at radius 3 is 2.57 bits per heavy atom. The van der Waals surface area contributed by atoms with Crippen LogP contribution in [0.4, 0.5) is 5.69 Å². The maximum absolute atomic E-state index is 13.3. The third kappa shape index (κ3) is 3.50. The zero-order valence-electron chi connectivity index (χ0n) is 16.0. The van der Waals surface area contributed by atoms with Crippen molar-refractivity contribution >= 4 is 17.5 Å². The number of hydrogen-bond acceptors (Lipinski definition) is 4. The van der Waals surface area contributed by atoms with Crippen LogP contribution in [0, 0.1) is 16.0 Å². The largest absolute Gasteiger partial charge is 0.351 e. The predicted molar refractivity (Wildman–Crippen MR) is 103 cm³/mol. The second-order valence-electron chi connectivity index (χ2n) is 8.30. The predicted octanol–water partition coefficient (Wildman–Crippen LogP) is 3.49. The van der Waals surface area contributed by atoms with E-state index in [1.165, 1.54) is 18.6 Å². The molecule has 7 heteroatoms. The lowest BCUT2D eigenvalue weighted by atomic mass is 9.74. The fraction of sp³-hybridized carbons (Fsp3) is 0.619. The molecule has 0 bridgehead atoms. The summed E-state index contributed by atoms with van der Waals surface area (Å²) in [6.07, 6.45) is 9.17. The molecule has 1 saturated heterocycles. The normalized spacial score (nSPS) is 26.1. The molecular formula is C21H27N3O4. The van der Waals surface area contributed by atoms with Crippen LogP contribution in [0.2, 0.25) is 0 Å². The number of nitrogens with one attached hydrogen (secondary N) is 1. The Morgan fingerprint density at radius 1 is 1.11 bits per heavy atom. The van der Waals surface area contributed by atoms with Gasteiger partial charge in [-0.25, -0.2) is 0 Å². The van der Waals surface area contributed by atoms with Gasteiger partial charge in [-0.15, -0.1) is 0 Å². The SMILES string of the molecule is O=C(NC1CCCCC1)C(c1cccc([N+](=O)[O-])c1)N1C(=O)[C@@H]2CCCC[C@@H]21. The van der Waals surface area contributed by atoms with E-state index in [0.29, 0.717) is 5.56 Å². The van der Waals surface area contributed by atoms with E-state index in [1.807, 2.05) is 0 Å². The van der Waals surface area contributed by atoms with E-state index < -0.39 is 11.0 Å². The lowest BCUT2D eigenvalue weighted by molar-refractivity contribution is -0.384. The maximum atomic E-state index is 13.3. The minimum atomic E-state index is -0.784. The Bertz CT molecular complexity index is 775. The number of nitro benzene ring substituents is 1. The molecular weight excluding hydrogens is 358 g/mol. The molecule has 0 aromatic heterocycles. The minimum absolute atomic E-state index is 0.0115. The number of benzene rings is 1. The molecule has 4 rings (SSSR count). The van der Waals surface area contributed by atoms with Gasteiger partial charge < -0.3 is 10.2 Å². The van der Waals surface area contributed by atoms with Crippen molar-refractivity contribution in [2.75, 3.05) is 0 Å². The number of likely N-dealkylation sites (tertiary alicyclic amines) is 1. The summed E-state index contributed by atoms with van der Waals surface area (Å²) in [6, 6.07) is 5.59. The van der Waals surface area contributed by atoms with Crippen LogP contribution >= 0.6 is 0 Å². The average Bonchev–Trinajstić information content (AvgIpc) is 2.72. The van der Waals surface area contributed by atoms with Crippen molar-refractivity contribution in [2.45, 2.75) is 75.9 Å². The zero-order chi connectivity index (χ0) is 19.7. The van der Waals surface area contributed by atoms with Gasteiger partial charge in [0.05, 0.1) is 10.8 Å². The summed E-state index contributed by atoms with van der Waals surface area (Å²) in [5, 5.41) is 14.4. The molecule has 1 heterocycles. The van der Waals surface area contributed by atoms with E-state index in [4.69, 9.17) is 0 Å². The van der Waals surface area contributed by atoms with E-state index >= 15 is 0 Å². The first kappa shape index (κ1) is 18.9. The van der Waals surface area contributed by atoms with Gasteiger partial charge in [-0.05, 0) is 31.2 Å². The van der Waals surface area contributed by atoms with Crippen LogP contribution in [0.3, 0.4) is 0 Å². The third-order valence-corrected chi connectivity index (χ3v) is 6.53. The molecule has 2 amide bonds. The number of fused-ring (bicyclic) bond motifs is 1. The van der Waals surface area contributed by atoms with E-state index in [2.05, 4.69) is 5.32 Å². The number of amides is 2. The average molecular weight is 385 g/mol. The Hall–Kier alpha value is -2.44. The Morgan fingerprint density at radius 2 is 1.82 bits per heavy atom. The Balaban J connectivity index is 1.63. The molecule has 28 heavy (non-hydrogen) atoms. The maximum Gasteiger partial charge on any atom is 0.269 e. The first-order chi connectivity index (χ1) is 13.6. The van der Waals surface area contributed by atoms with E-state index in [-0.39, 0.29) is 35.5 Å². The van der Waals surface area contributed by atoms with Crippen LogP contribution in [0.25, 0.3) is 0 Å². The lowest BCUT2D eigenvalue weighted by Crippen LogP contribution is -2.65. The van der Waals surface area contributed by atoms with Crippen LogP contribution in [-0.4, -0.2) is 33.7 Å². The highest BCUT2D eigenvalue weighted by Gasteiger charge is 2.52. The molecule has 2 aliphatic carbocycles. The number of carbonyl (C=O) groups excluding carboxylic acids is 2. The quantitative estimate of drug-likeness (QED) is 0.477. The Kier molecular flexibility index (Phi) is 5.33. The first-order valence-corrected chi connectivity index (χ1v) is 10.4. The fourth-order valence-corrected chi connectivity index (χ4v) is 5.10. The third-order valence-electron chi connectivity index (χ3n) is 6.53.